The number of hydrogen-bond acceptors (Lipinski definition) is 2. The van der Waals surface area contributed by atoms with Crippen molar-refractivity contribution in [3.8, 4) is 0 Å². The topological polar surface area (TPSA) is 69.6 Å². The molecule has 19 heavy (non-hydrogen) atoms. The van der Waals surface area contributed by atoms with Crippen molar-refractivity contribution >= 4 is 29.3 Å². The van der Waals surface area contributed by atoms with Gasteiger partial charge in [0.05, 0.1) is 17.1 Å². The molecule has 8 heteroatoms. The fourth-order valence-electron chi connectivity index (χ4n) is 1.23. The number of halogens is 3. The third kappa shape index (κ3) is 4.36. The van der Waals surface area contributed by atoms with Crippen LogP contribution in [-0.2, 0) is 4.79 Å². The predicted molar refractivity (Wildman–Crippen MR) is 65.3 cm³/mol. The molecule has 0 fully saturated rings. The van der Waals surface area contributed by atoms with Crippen LogP contribution in [0, 0.1) is 11.6 Å². The van der Waals surface area contributed by atoms with Crippen LogP contribution >= 0.6 is 11.6 Å². The maximum atomic E-state index is 13.4. The number of carbonyl (C=O) groups excluding carboxylic acids is 1. The highest BCUT2D eigenvalue weighted by molar-refractivity contribution is 6.33. The minimum absolute atomic E-state index is 0.0540. The molecule has 1 rings (SSSR count). The zero-order valence-corrected chi connectivity index (χ0v) is 10.7. The number of rotatable bonds is 4. The van der Waals surface area contributed by atoms with E-state index >= 15 is 0 Å². The normalized spacial score (nSPS) is 10.1. The van der Waals surface area contributed by atoms with Crippen molar-refractivity contribution in [2.75, 3.05) is 18.9 Å². The molecule has 0 radical (unpaired) electrons. The van der Waals surface area contributed by atoms with E-state index < -0.39 is 23.6 Å². The van der Waals surface area contributed by atoms with Crippen LogP contribution in [0.5, 0.6) is 0 Å². The van der Waals surface area contributed by atoms with Crippen LogP contribution in [0.3, 0.4) is 0 Å². The highest BCUT2D eigenvalue weighted by atomic mass is 35.5. The van der Waals surface area contributed by atoms with Crippen LogP contribution in [0.4, 0.5) is 19.3 Å². The van der Waals surface area contributed by atoms with E-state index in [4.69, 9.17) is 16.7 Å². The van der Waals surface area contributed by atoms with Crippen LogP contribution < -0.4 is 5.32 Å². The van der Waals surface area contributed by atoms with Gasteiger partial charge in [0.2, 0.25) is 0 Å². The molecular formula is C11H11ClF2N2O3. The number of carbonyl (C=O) groups is 2. The van der Waals surface area contributed by atoms with Gasteiger partial charge in [-0.25, -0.2) is 13.6 Å². The Kier molecular flexibility index (Phi) is 5.05. The Morgan fingerprint density at radius 3 is 2.58 bits per heavy atom. The van der Waals surface area contributed by atoms with E-state index in [1.165, 1.54) is 7.05 Å². The number of carboxylic acids is 1. The number of nitrogens with zero attached hydrogens (tertiary/aromatic N) is 1. The van der Waals surface area contributed by atoms with Gasteiger partial charge in [0.15, 0.2) is 5.82 Å². The van der Waals surface area contributed by atoms with Crippen LogP contribution in [0.2, 0.25) is 5.02 Å². The fourth-order valence-corrected chi connectivity index (χ4v) is 1.47. The summed E-state index contributed by atoms with van der Waals surface area (Å²) in [5.74, 6) is -2.93. The first-order chi connectivity index (χ1) is 8.81. The van der Waals surface area contributed by atoms with Gasteiger partial charge in [0.25, 0.3) is 0 Å². The van der Waals surface area contributed by atoms with E-state index in [2.05, 4.69) is 5.32 Å². The highest BCUT2D eigenvalue weighted by Crippen LogP contribution is 2.26. The first-order valence-corrected chi connectivity index (χ1v) is 5.57. The van der Waals surface area contributed by atoms with Gasteiger partial charge in [0, 0.05) is 19.7 Å². The standard InChI is InChI=1S/C11H11ClF2N2O3/c1-16(3-2-9(17)18)11(19)15-10-7(12)4-6(13)5-8(10)14/h4-5H,2-3H2,1H3,(H,15,19)(H,17,18). The van der Waals surface area contributed by atoms with Gasteiger partial charge in [-0.05, 0) is 6.07 Å². The summed E-state index contributed by atoms with van der Waals surface area (Å²) in [6, 6.07) is 0.699. The molecule has 2 N–H and O–H groups in total. The Morgan fingerprint density at radius 2 is 2.05 bits per heavy atom. The number of amides is 2. The number of benzene rings is 1. The van der Waals surface area contributed by atoms with E-state index in [1.54, 1.807) is 0 Å². The number of hydrogen-bond donors (Lipinski definition) is 2. The molecule has 0 aliphatic carbocycles. The van der Waals surface area contributed by atoms with Gasteiger partial charge in [0.1, 0.15) is 5.82 Å². The van der Waals surface area contributed by atoms with Crippen LogP contribution in [-0.4, -0.2) is 35.6 Å². The SMILES string of the molecule is CN(CCC(=O)O)C(=O)Nc1c(F)cc(F)cc1Cl. The molecule has 0 heterocycles. The summed E-state index contributed by atoms with van der Waals surface area (Å²) < 4.78 is 26.2. The minimum Gasteiger partial charge on any atom is -0.481 e. The van der Waals surface area contributed by atoms with E-state index in [9.17, 15) is 18.4 Å². The number of urea groups is 1. The zero-order valence-electron chi connectivity index (χ0n) is 9.91. The van der Waals surface area contributed by atoms with Crippen molar-refractivity contribution in [2.24, 2.45) is 0 Å². The Labute approximate surface area is 112 Å². The number of nitrogens with one attached hydrogen (secondary N) is 1. The second-order valence-electron chi connectivity index (χ2n) is 3.74. The molecular weight excluding hydrogens is 282 g/mol. The minimum atomic E-state index is -1.06. The summed E-state index contributed by atoms with van der Waals surface area (Å²) in [6.45, 7) is -0.0540. The van der Waals surface area contributed by atoms with Gasteiger partial charge in [-0.2, -0.15) is 0 Å². The fraction of sp³-hybridized carbons (Fsp3) is 0.273. The molecule has 0 saturated heterocycles. The maximum Gasteiger partial charge on any atom is 0.321 e. The molecule has 0 aliphatic heterocycles. The first-order valence-electron chi connectivity index (χ1n) is 5.19. The summed E-state index contributed by atoms with van der Waals surface area (Å²) in [6.07, 6.45) is -0.246. The molecule has 1 aromatic rings. The van der Waals surface area contributed by atoms with Crippen LogP contribution in [0.25, 0.3) is 0 Å². The molecule has 0 spiro atoms. The van der Waals surface area contributed by atoms with Crippen molar-refractivity contribution in [3.05, 3.63) is 28.8 Å². The molecule has 104 valence electrons. The van der Waals surface area contributed by atoms with Crippen molar-refractivity contribution < 1.29 is 23.5 Å². The number of carboxylic acid groups (broad SMARTS) is 1. The summed E-state index contributed by atoms with van der Waals surface area (Å²) in [7, 11) is 1.34. The zero-order chi connectivity index (χ0) is 14.6. The third-order valence-electron chi connectivity index (χ3n) is 2.25. The molecule has 5 nitrogen and oxygen atoms in total. The average molecular weight is 293 g/mol. The van der Waals surface area contributed by atoms with Gasteiger partial charge in [-0.3, -0.25) is 4.79 Å². The second-order valence-corrected chi connectivity index (χ2v) is 4.15. The maximum absolute atomic E-state index is 13.4. The lowest BCUT2D eigenvalue weighted by Gasteiger charge is -2.17. The smallest absolute Gasteiger partial charge is 0.321 e. The molecule has 0 saturated carbocycles. The molecule has 1 aromatic carbocycles. The summed E-state index contributed by atoms with van der Waals surface area (Å²) in [5, 5.41) is 10.3. The monoisotopic (exact) mass is 292 g/mol. The average Bonchev–Trinajstić information content (AvgIpc) is 2.30. The molecule has 0 unspecified atom stereocenters. The van der Waals surface area contributed by atoms with E-state index in [1.807, 2.05) is 0 Å². The lowest BCUT2D eigenvalue weighted by molar-refractivity contribution is -0.137. The molecule has 0 aromatic heterocycles. The molecule has 0 aliphatic rings. The van der Waals surface area contributed by atoms with E-state index in [-0.39, 0.29) is 23.7 Å². The Morgan fingerprint density at radius 1 is 1.42 bits per heavy atom. The van der Waals surface area contributed by atoms with Crippen molar-refractivity contribution in [1.29, 1.82) is 0 Å². The van der Waals surface area contributed by atoms with Crippen molar-refractivity contribution in [3.63, 3.8) is 0 Å². The quantitative estimate of drug-likeness (QED) is 0.896. The summed E-state index contributed by atoms with van der Waals surface area (Å²) >= 11 is 5.60. The van der Waals surface area contributed by atoms with Crippen LogP contribution in [0.15, 0.2) is 12.1 Å². The van der Waals surface area contributed by atoms with Gasteiger partial charge < -0.3 is 15.3 Å². The Balaban J connectivity index is 2.74. The Bertz CT molecular complexity index is 488. The molecule has 2 amide bonds. The summed E-state index contributed by atoms with van der Waals surface area (Å²) in [4.78, 5) is 23.0. The van der Waals surface area contributed by atoms with Crippen molar-refractivity contribution in [2.45, 2.75) is 6.42 Å². The van der Waals surface area contributed by atoms with E-state index in [0.717, 1.165) is 11.0 Å². The van der Waals surface area contributed by atoms with Crippen LogP contribution in [0.1, 0.15) is 6.42 Å². The molecule has 0 atom stereocenters. The number of aliphatic carboxylic acids is 1. The lowest BCUT2D eigenvalue weighted by atomic mass is 10.3. The first kappa shape index (κ1) is 15.2. The second kappa shape index (κ2) is 6.33. The summed E-state index contributed by atoms with van der Waals surface area (Å²) in [5.41, 5.74) is -0.352. The predicted octanol–water partition coefficient (Wildman–Crippen LogP) is 2.56. The third-order valence-corrected chi connectivity index (χ3v) is 2.54. The van der Waals surface area contributed by atoms with E-state index in [0.29, 0.717) is 6.07 Å². The van der Waals surface area contributed by atoms with Gasteiger partial charge >= 0.3 is 12.0 Å². The Hall–Kier alpha value is -1.89. The van der Waals surface area contributed by atoms with Gasteiger partial charge in [-0.15, -0.1) is 0 Å². The van der Waals surface area contributed by atoms with Crippen molar-refractivity contribution in [1.82, 2.24) is 4.90 Å². The largest absolute Gasteiger partial charge is 0.481 e. The van der Waals surface area contributed by atoms with Gasteiger partial charge in [-0.1, -0.05) is 11.6 Å². The number of anilines is 1. The molecule has 0 bridgehead atoms. The highest BCUT2D eigenvalue weighted by Gasteiger charge is 2.16. The lowest BCUT2D eigenvalue weighted by Crippen LogP contribution is -2.33.